The molecule has 0 fully saturated rings. The molecule has 10 rings (SSSR count). The fraction of sp³-hybridized carbons (Fsp3) is 0.0233. The summed E-state index contributed by atoms with van der Waals surface area (Å²) in [6.07, 6.45) is 0.974. The zero-order valence-corrected chi connectivity index (χ0v) is 26.1. The number of aromatic nitrogens is 2. The van der Waals surface area contributed by atoms with E-state index >= 15 is 0 Å². The van der Waals surface area contributed by atoms with E-state index in [1.807, 2.05) is 0 Å². The summed E-state index contributed by atoms with van der Waals surface area (Å²) in [5, 5.41) is 5.14. The summed E-state index contributed by atoms with van der Waals surface area (Å²) in [7, 11) is 0. The maximum absolute atomic E-state index is 2.42. The van der Waals surface area contributed by atoms with Gasteiger partial charge in [0.05, 0.1) is 22.1 Å². The quantitative estimate of drug-likeness (QED) is 0.189. The van der Waals surface area contributed by atoms with E-state index in [1.165, 1.54) is 88.4 Å². The summed E-state index contributed by atoms with van der Waals surface area (Å²) >= 11 is 0. The van der Waals surface area contributed by atoms with E-state index in [4.69, 9.17) is 0 Å². The van der Waals surface area contributed by atoms with Gasteiger partial charge in [-0.25, -0.2) is 0 Å². The Hall–Kier alpha value is -5.51. The maximum Gasteiger partial charge on any atom is 0.0541 e. The first-order valence-corrected chi connectivity index (χ1v) is 15.7. The minimum atomic E-state index is 0. The molecule has 0 spiro atoms. The molecule has 218 valence electrons. The molecule has 46 heavy (non-hydrogen) atoms. The van der Waals surface area contributed by atoms with Gasteiger partial charge in [-0.1, -0.05) is 97.1 Å². The lowest BCUT2D eigenvalue weighted by molar-refractivity contribution is 1.17. The second kappa shape index (κ2) is 10.3. The van der Waals surface area contributed by atoms with Gasteiger partial charge < -0.3 is 9.13 Å². The predicted molar refractivity (Wildman–Crippen MR) is 199 cm³/mol. The SMILES string of the molecule is S.c1ccc(-n2c3ccccc3c3cc(-c4ccc5c(c4)-c4cc(-n6c7ccccc7c7ccccc76)ccc4C5)ccc32)cc1. The topological polar surface area (TPSA) is 9.86 Å². The number of fused-ring (bicyclic) bond motifs is 9. The summed E-state index contributed by atoms with van der Waals surface area (Å²) in [6, 6.07) is 57.9. The summed E-state index contributed by atoms with van der Waals surface area (Å²) in [4.78, 5) is 0. The molecule has 0 radical (unpaired) electrons. The van der Waals surface area contributed by atoms with Crippen LogP contribution in [0.5, 0.6) is 0 Å². The second-order valence-electron chi connectivity index (χ2n) is 12.2. The third kappa shape index (κ3) is 3.85. The van der Waals surface area contributed by atoms with Crippen LogP contribution in [0, 0.1) is 0 Å². The molecule has 2 heterocycles. The van der Waals surface area contributed by atoms with Gasteiger partial charge in [0, 0.05) is 32.9 Å². The summed E-state index contributed by atoms with van der Waals surface area (Å²) in [5.41, 5.74) is 15.3. The van der Waals surface area contributed by atoms with Crippen LogP contribution in [0.15, 0.2) is 158 Å². The highest BCUT2D eigenvalue weighted by molar-refractivity contribution is 7.59. The largest absolute Gasteiger partial charge is 0.309 e. The third-order valence-corrected chi connectivity index (χ3v) is 9.73. The molecule has 7 aromatic carbocycles. The molecule has 1 aliphatic carbocycles. The van der Waals surface area contributed by atoms with E-state index in [1.54, 1.807) is 0 Å². The zero-order valence-electron chi connectivity index (χ0n) is 25.1. The molecule has 3 heteroatoms. The van der Waals surface area contributed by atoms with Gasteiger partial charge in [0.2, 0.25) is 0 Å². The summed E-state index contributed by atoms with van der Waals surface area (Å²) in [6.45, 7) is 0. The molecule has 2 nitrogen and oxygen atoms in total. The van der Waals surface area contributed by atoms with Crippen molar-refractivity contribution < 1.29 is 0 Å². The van der Waals surface area contributed by atoms with Crippen LogP contribution in [0.4, 0.5) is 0 Å². The van der Waals surface area contributed by atoms with Crippen molar-refractivity contribution in [2.45, 2.75) is 6.42 Å². The van der Waals surface area contributed by atoms with Gasteiger partial charge in [0.15, 0.2) is 0 Å². The van der Waals surface area contributed by atoms with Gasteiger partial charge >= 0.3 is 0 Å². The fourth-order valence-electron chi connectivity index (χ4n) is 7.68. The number of hydrogen-bond donors (Lipinski definition) is 0. The Morgan fingerprint density at radius 2 is 0.826 bits per heavy atom. The van der Waals surface area contributed by atoms with Crippen LogP contribution in [0.3, 0.4) is 0 Å². The molecular formula is C43H30N2S. The molecule has 0 N–H and O–H groups in total. The molecule has 9 aromatic rings. The Labute approximate surface area is 274 Å². The average molecular weight is 607 g/mol. The second-order valence-corrected chi connectivity index (χ2v) is 12.2. The highest BCUT2D eigenvalue weighted by Gasteiger charge is 2.21. The van der Waals surface area contributed by atoms with E-state index in [-0.39, 0.29) is 13.5 Å². The lowest BCUT2D eigenvalue weighted by Gasteiger charge is -2.11. The third-order valence-electron chi connectivity index (χ3n) is 9.73. The number of para-hydroxylation sites is 4. The molecule has 0 bridgehead atoms. The van der Waals surface area contributed by atoms with Gasteiger partial charge in [-0.2, -0.15) is 13.5 Å². The van der Waals surface area contributed by atoms with Crippen LogP contribution in [0.25, 0.3) is 77.2 Å². The lowest BCUT2D eigenvalue weighted by Crippen LogP contribution is -1.94. The molecule has 0 atom stereocenters. The van der Waals surface area contributed by atoms with E-state index < -0.39 is 0 Å². The lowest BCUT2D eigenvalue weighted by atomic mass is 9.97. The van der Waals surface area contributed by atoms with E-state index in [9.17, 15) is 0 Å². The van der Waals surface area contributed by atoms with Crippen molar-refractivity contribution in [2.24, 2.45) is 0 Å². The van der Waals surface area contributed by atoms with Crippen LogP contribution in [0.1, 0.15) is 11.1 Å². The first-order valence-electron chi connectivity index (χ1n) is 15.7. The van der Waals surface area contributed by atoms with Crippen molar-refractivity contribution in [1.29, 1.82) is 0 Å². The monoisotopic (exact) mass is 606 g/mol. The van der Waals surface area contributed by atoms with Crippen molar-refractivity contribution in [2.75, 3.05) is 0 Å². The molecule has 0 aliphatic heterocycles. The number of benzene rings is 7. The van der Waals surface area contributed by atoms with Gasteiger partial charge in [0.25, 0.3) is 0 Å². The van der Waals surface area contributed by atoms with E-state index in [0.717, 1.165) is 6.42 Å². The Balaban J connectivity index is 0.00000292. The highest BCUT2D eigenvalue weighted by atomic mass is 32.1. The number of rotatable bonds is 3. The first-order chi connectivity index (χ1) is 22.3. The smallest absolute Gasteiger partial charge is 0.0541 e. The number of nitrogens with zero attached hydrogens (tertiary/aromatic N) is 2. The van der Waals surface area contributed by atoms with Crippen LogP contribution < -0.4 is 0 Å². The van der Waals surface area contributed by atoms with Crippen LogP contribution >= 0.6 is 13.5 Å². The molecule has 0 unspecified atom stereocenters. The average Bonchev–Trinajstić information content (AvgIpc) is 3.75. The number of hydrogen-bond acceptors (Lipinski definition) is 0. The molecule has 0 saturated carbocycles. The Morgan fingerprint density at radius 1 is 0.348 bits per heavy atom. The Kier molecular flexibility index (Phi) is 5.99. The molecule has 0 saturated heterocycles. The van der Waals surface area contributed by atoms with Gasteiger partial charge in [0.1, 0.15) is 0 Å². The zero-order chi connectivity index (χ0) is 29.5. The first kappa shape index (κ1) is 26.9. The fourth-order valence-corrected chi connectivity index (χ4v) is 7.68. The predicted octanol–water partition coefficient (Wildman–Crippen LogP) is 11.2. The molecule has 0 amide bonds. The molecule has 2 aromatic heterocycles. The van der Waals surface area contributed by atoms with Crippen molar-refractivity contribution in [3.8, 4) is 33.6 Å². The van der Waals surface area contributed by atoms with Gasteiger partial charge in [-0.15, -0.1) is 0 Å². The Bertz CT molecular complexity index is 2570. The van der Waals surface area contributed by atoms with E-state index in [0.29, 0.717) is 0 Å². The van der Waals surface area contributed by atoms with Crippen LogP contribution in [0.2, 0.25) is 0 Å². The van der Waals surface area contributed by atoms with Gasteiger partial charge in [-0.3, -0.25) is 0 Å². The van der Waals surface area contributed by atoms with Crippen molar-refractivity contribution in [3.05, 3.63) is 169 Å². The normalized spacial score (nSPS) is 12.1. The van der Waals surface area contributed by atoms with Crippen molar-refractivity contribution >= 4 is 57.1 Å². The maximum atomic E-state index is 2.42. The summed E-state index contributed by atoms with van der Waals surface area (Å²) in [5.74, 6) is 0. The Morgan fingerprint density at radius 3 is 1.50 bits per heavy atom. The van der Waals surface area contributed by atoms with E-state index in [2.05, 4.69) is 167 Å². The minimum absolute atomic E-state index is 0. The van der Waals surface area contributed by atoms with Gasteiger partial charge in [-0.05, 0) is 100 Å². The van der Waals surface area contributed by atoms with Crippen molar-refractivity contribution in [3.63, 3.8) is 0 Å². The minimum Gasteiger partial charge on any atom is -0.309 e. The standard InChI is InChI=1S/C43H28N2.H2S/c1-2-10-32(11-3-1)44-42-17-9-6-14-36(42)39-26-29(21-23-43(39)44)28-18-19-30-24-31-20-22-33(27-38(31)37(30)25-28)45-40-15-7-4-12-34(40)35-13-5-8-16-41(35)45;/h1-23,25-27H,24H2;1H2. The highest BCUT2D eigenvalue weighted by Crippen LogP contribution is 2.42. The molecule has 1 aliphatic rings. The van der Waals surface area contributed by atoms with Crippen LogP contribution in [-0.2, 0) is 6.42 Å². The van der Waals surface area contributed by atoms with Crippen LogP contribution in [-0.4, -0.2) is 9.13 Å². The van der Waals surface area contributed by atoms with Crippen molar-refractivity contribution in [1.82, 2.24) is 9.13 Å². The summed E-state index contributed by atoms with van der Waals surface area (Å²) < 4.78 is 4.80. The molecular weight excluding hydrogens is 577 g/mol.